The third-order valence-electron chi connectivity index (χ3n) is 4.12. The number of carbonyl (C=O) groups is 1. The molecule has 0 saturated heterocycles. The first-order valence-corrected chi connectivity index (χ1v) is 8.45. The summed E-state index contributed by atoms with van der Waals surface area (Å²) in [4.78, 5) is 15.8. The zero-order valence-electron chi connectivity index (χ0n) is 15.0. The number of rotatable bonds is 5. The van der Waals surface area contributed by atoms with Gasteiger partial charge in [-0.2, -0.15) is 5.26 Å². The molecule has 0 fully saturated rings. The predicted octanol–water partition coefficient (Wildman–Crippen LogP) is 4.05. The number of ether oxygens (including phenoxy) is 1. The Labute approximate surface area is 164 Å². The quantitative estimate of drug-likeness (QED) is 0.742. The Morgan fingerprint density at radius 1 is 1.38 bits per heavy atom. The summed E-state index contributed by atoms with van der Waals surface area (Å²) < 4.78 is 41.1. The van der Waals surface area contributed by atoms with E-state index in [0.29, 0.717) is 40.2 Å². The van der Waals surface area contributed by atoms with Crippen molar-refractivity contribution in [1.29, 1.82) is 5.26 Å². The third kappa shape index (κ3) is 4.55. The lowest BCUT2D eigenvalue weighted by molar-refractivity contribution is -0.274. The Morgan fingerprint density at radius 3 is 2.72 bits per heavy atom. The fraction of sp³-hybridized carbons (Fsp3) is 0.150. The normalized spacial score (nSPS) is 12.3. The topological polar surface area (TPSA) is 86.5 Å². The molecule has 6 nitrogen and oxygen atoms in total. The maximum absolute atomic E-state index is 12.4. The van der Waals surface area contributed by atoms with Crippen molar-refractivity contribution >= 4 is 23.5 Å². The van der Waals surface area contributed by atoms with Crippen LogP contribution in [0, 0.1) is 11.3 Å². The van der Waals surface area contributed by atoms with Crippen molar-refractivity contribution < 1.29 is 22.7 Å². The molecule has 2 N–H and O–H groups in total. The molecule has 3 rings (SSSR count). The van der Waals surface area contributed by atoms with E-state index in [-0.39, 0.29) is 12.3 Å². The molecule has 29 heavy (non-hydrogen) atoms. The Morgan fingerprint density at radius 2 is 2.10 bits per heavy atom. The van der Waals surface area contributed by atoms with Crippen LogP contribution in [0.25, 0.3) is 11.1 Å². The Balaban J connectivity index is 2.06. The van der Waals surface area contributed by atoms with Crippen molar-refractivity contribution in [3.63, 3.8) is 0 Å². The standard InChI is InChI=1S/C20H15F3N4O2/c1-2-17(28)27-11-13-9-15(18-19(16(13)10-24)26-8-7-25-18)12-3-5-14(6-4-12)29-20(21,22)23/h2-6,8-9,25H,1,7,11H2,(H,27,28). The van der Waals surface area contributed by atoms with Crippen molar-refractivity contribution in [3.05, 3.63) is 54.1 Å². The SMILES string of the molecule is C=CC(=O)NCc1cc(-c2ccc(OC(F)(F)F)cc2)c2c(c1C#N)N=CCN2. The van der Waals surface area contributed by atoms with Crippen LogP contribution in [-0.4, -0.2) is 25.0 Å². The number of anilines is 1. The van der Waals surface area contributed by atoms with Crippen LogP contribution in [0.15, 0.2) is 48.0 Å². The van der Waals surface area contributed by atoms with E-state index in [4.69, 9.17) is 0 Å². The Bertz CT molecular complexity index is 1020. The summed E-state index contributed by atoms with van der Waals surface area (Å²) in [5, 5.41) is 15.4. The highest BCUT2D eigenvalue weighted by Gasteiger charge is 2.31. The average Bonchev–Trinajstić information content (AvgIpc) is 2.70. The minimum Gasteiger partial charge on any atom is -0.406 e. The summed E-state index contributed by atoms with van der Waals surface area (Å²) >= 11 is 0. The van der Waals surface area contributed by atoms with E-state index in [9.17, 15) is 23.2 Å². The number of fused-ring (bicyclic) bond motifs is 1. The Hall–Kier alpha value is -3.80. The molecular formula is C20H15F3N4O2. The van der Waals surface area contributed by atoms with Gasteiger partial charge in [0.15, 0.2) is 0 Å². The summed E-state index contributed by atoms with van der Waals surface area (Å²) in [5.41, 5.74) is 3.06. The molecule has 1 heterocycles. The first-order valence-electron chi connectivity index (χ1n) is 8.45. The second-order valence-corrected chi connectivity index (χ2v) is 5.98. The molecule has 2 aromatic carbocycles. The summed E-state index contributed by atoms with van der Waals surface area (Å²) in [7, 11) is 0. The zero-order chi connectivity index (χ0) is 21.0. The molecule has 9 heteroatoms. The predicted molar refractivity (Wildman–Crippen MR) is 102 cm³/mol. The van der Waals surface area contributed by atoms with Gasteiger partial charge in [0.1, 0.15) is 17.5 Å². The van der Waals surface area contributed by atoms with E-state index < -0.39 is 12.3 Å². The van der Waals surface area contributed by atoms with Gasteiger partial charge in [-0.15, -0.1) is 13.2 Å². The van der Waals surface area contributed by atoms with Gasteiger partial charge in [-0.1, -0.05) is 18.7 Å². The largest absolute Gasteiger partial charge is 0.573 e. The van der Waals surface area contributed by atoms with Gasteiger partial charge < -0.3 is 15.4 Å². The van der Waals surface area contributed by atoms with Gasteiger partial charge in [0, 0.05) is 18.3 Å². The van der Waals surface area contributed by atoms with E-state index >= 15 is 0 Å². The van der Waals surface area contributed by atoms with Crippen molar-refractivity contribution in [2.45, 2.75) is 12.9 Å². The number of alkyl halides is 3. The van der Waals surface area contributed by atoms with E-state index in [1.165, 1.54) is 24.3 Å². The van der Waals surface area contributed by atoms with Gasteiger partial charge >= 0.3 is 6.36 Å². The maximum Gasteiger partial charge on any atom is 0.573 e. The number of hydrogen-bond acceptors (Lipinski definition) is 5. The number of amides is 1. The zero-order valence-corrected chi connectivity index (χ0v) is 15.0. The smallest absolute Gasteiger partial charge is 0.406 e. The van der Waals surface area contributed by atoms with Crippen LogP contribution >= 0.6 is 0 Å². The van der Waals surface area contributed by atoms with Gasteiger partial charge in [-0.25, -0.2) is 0 Å². The molecule has 0 radical (unpaired) electrons. The number of hydrogen-bond donors (Lipinski definition) is 2. The van der Waals surface area contributed by atoms with Crippen molar-refractivity contribution in [3.8, 4) is 22.9 Å². The van der Waals surface area contributed by atoms with Crippen molar-refractivity contribution in [2.24, 2.45) is 4.99 Å². The first-order chi connectivity index (χ1) is 13.8. The third-order valence-corrected chi connectivity index (χ3v) is 4.12. The molecule has 0 saturated carbocycles. The molecular weight excluding hydrogens is 385 g/mol. The number of benzene rings is 2. The van der Waals surface area contributed by atoms with E-state index in [0.717, 1.165) is 6.08 Å². The lowest BCUT2D eigenvalue weighted by Gasteiger charge is -2.21. The summed E-state index contributed by atoms with van der Waals surface area (Å²) in [6.45, 7) is 3.89. The molecule has 2 aromatic rings. The first kappa shape index (κ1) is 19.9. The van der Waals surface area contributed by atoms with E-state index in [1.807, 2.05) is 0 Å². The lowest BCUT2D eigenvalue weighted by Crippen LogP contribution is -2.21. The van der Waals surface area contributed by atoms with Gasteiger partial charge in [0.2, 0.25) is 5.91 Å². The highest BCUT2D eigenvalue weighted by Crippen LogP contribution is 2.42. The van der Waals surface area contributed by atoms with Gasteiger partial charge in [-0.05, 0) is 35.4 Å². The molecule has 1 aliphatic heterocycles. The van der Waals surface area contributed by atoms with Crippen LogP contribution in [0.3, 0.4) is 0 Å². The average molecular weight is 400 g/mol. The second-order valence-electron chi connectivity index (χ2n) is 5.98. The summed E-state index contributed by atoms with van der Waals surface area (Å²) in [6.07, 6.45) is -2.05. The Kier molecular flexibility index (Phi) is 5.54. The second kappa shape index (κ2) is 8.06. The molecule has 0 aliphatic carbocycles. The van der Waals surface area contributed by atoms with Gasteiger partial charge in [-0.3, -0.25) is 9.79 Å². The van der Waals surface area contributed by atoms with Crippen molar-refractivity contribution in [2.75, 3.05) is 11.9 Å². The molecule has 148 valence electrons. The van der Waals surface area contributed by atoms with Crippen LogP contribution in [0.4, 0.5) is 24.5 Å². The summed E-state index contributed by atoms with van der Waals surface area (Å²) in [6, 6.07) is 9.18. The molecule has 0 spiro atoms. The lowest BCUT2D eigenvalue weighted by atomic mass is 9.94. The molecule has 1 amide bonds. The van der Waals surface area contributed by atoms with Gasteiger partial charge in [0.25, 0.3) is 0 Å². The number of nitriles is 1. The number of nitrogens with one attached hydrogen (secondary N) is 2. The minimum atomic E-state index is -4.78. The molecule has 0 unspecified atom stereocenters. The van der Waals surface area contributed by atoms with Crippen LogP contribution in [0.5, 0.6) is 5.75 Å². The number of aliphatic imine (C=N–C) groups is 1. The van der Waals surface area contributed by atoms with E-state index in [1.54, 1.807) is 12.3 Å². The molecule has 1 aliphatic rings. The number of halogens is 3. The number of nitrogens with zero attached hydrogens (tertiary/aromatic N) is 2. The van der Waals surface area contributed by atoms with Crippen LogP contribution in [-0.2, 0) is 11.3 Å². The molecule has 0 atom stereocenters. The minimum absolute atomic E-state index is 0.0683. The van der Waals surface area contributed by atoms with Crippen LogP contribution in [0.1, 0.15) is 11.1 Å². The monoisotopic (exact) mass is 400 g/mol. The highest BCUT2D eigenvalue weighted by atomic mass is 19.4. The van der Waals surface area contributed by atoms with Crippen LogP contribution in [0.2, 0.25) is 0 Å². The van der Waals surface area contributed by atoms with Crippen LogP contribution < -0.4 is 15.4 Å². The summed E-state index contributed by atoms with van der Waals surface area (Å²) in [5.74, 6) is -0.739. The fourth-order valence-electron chi connectivity index (χ4n) is 2.90. The van der Waals surface area contributed by atoms with Gasteiger partial charge in [0.05, 0.1) is 17.8 Å². The maximum atomic E-state index is 12.4. The van der Waals surface area contributed by atoms with E-state index in [2.05, 4.69) is 33.0 Å². The number of carbonyl (C=O) groups excluding carboxylic acids is 1. The molecule has 0 bridgehead atoms. The fourth-order valence-corrected chi connectivity index (χ4v) is 2.90. The highest BCUT2D eigenvalue weighted by molar-refractivity contribution is 5.95. The van der Waals surface area contributed by atoms with Crippen molar-refractivity contribution in [1.82, 2.24) is 5.32 Å². The molecule has 0 aromatic heterocycles.